The minimum atomic E-state index is 0.135. The van der Waals surface area contributed by atoms with Gasteiger partial charge in [-0.05, 0) is 41.2 Å². The van der Waals surface area contributed by atoms with Gasteiger partial charge in [-0.3, -0.25) is 0 Å². The van der Waals surface area contributed by atoms with Crippen LogP contribution in [0.5, 0.6) is 0 Å². The van der Waals surface area contributed by atoms with E-state index < -0.39 is 0 Å². The zero-order valence-electron chi connectivity index (χ0n) is 11.6. The van der Waals surface area contributed by atoms with E-state index in [9.17, 15) is 0 Å². The first-order chi connectivity index (χ1) is 8.65. The van der Waals surface area contributed by atoms with Crippen LogP contribution in [0.2, 0.25) is 0 Å². The Balaban J connectivity index is 2.48. The standard InChI is InChI=1S/C17H23N/c1-4-7-13(3)17(18)16-11-10-12(2)14-8-5-6-9-15(14)16/h5-6,8-11,13,17H,4,7,18H2,1-3H3. The molecule has 2 unspecified atom stereocenters. The van der Waals surface area contributed by atoms with Crippen LogP contribution in [0.4, 0.5) is 0 Å². The monoisotopic (exact) mass is 241 g/mol. The molecule has 2 N–H and O–H groups in total. The Kier molecular flexibility index (Phi) is 4.03. The summed E-state index contributed by atoms with van der Waals surface area (Å²) in [4.78, 5) is 0. The van der Waals surface area contributed by atoms with Gasteiger partial charge in [0.25, 0.3) is 0 Å². The average molecular weight is 241 g/mol. The van der Waals surface area contributed by atoms with E-state index in [0.29, 0.717) is 5.92 Å². The zero-order chi connectivity index (χ0) is 13.1. The number of nitrogens with two attached hydrogens (primary N) is 1. The Bertz CT molecular complexity index is 530. The van der Waals surface area contributed by atoms with Crippen LogP contribution in [0.25, 0.3) is 10.8 Å². The molecule has 0 aliphatic heterocycles. The third kappa shape index (κ3) is 2.41. The number of rotatable bonds is 4. The molecule has 0 aromatic heterocycles. The molecule has 0 aliphatic rings. The van der Waals surface area contributed by atoms with E-state index in [1.54, 1.807) is 0 Å². The number of hydrogen-bond acceptors (Lipinski definition) is 1. The van der Waals surface area contributed by atoms with Crippen LogP contribution in [0.3, 0.4) is 0 Å². The van der Waals surface area contributed by atoms with Crippen molar-refractivity contribution in [3.63, 3.8) is 0 Å². The van der Waals surface area contributed by atoms with Crippen molar-refractivity contribution in [2.75, 3.05) is 0 Å². The maximum absolute atomic E-state index is 6.44. The van der Waals surface area contributed by atoms with E-state index in [1.807, 2.05) is 0 Å². The fourth-order valence-corrected chi connectivity index (χ4v) is 2.71. The fourth-order valence-electron chi connectivity index (χ4n) is 2.71. The van der Waals surface area contributed by atoms with Gasteiger partial charge in [0.1, 0.15) is 0 Å². The largest absolute Gasteiger partial charge is 0.324 e. The van der Waals surface area contributed by atoms with Gasteiger partial charge in [0, 0.05) is 6.04 Å². The summed E-state index contributed by atoms with van der Waals surface area (Å²) in [6, 6.07) is 13.1. The highest BCUT2D eigenvalue weighted by atomic mass is 14.6. The summed E-state index contributed by atoms with van der Waals surface area (Å²) in [5.74, 6) is 0.529. The summed E-state index contributed by atoms with van der Waals surface area (Å²) in [7, 11) is 0. The molecule has 2 atom stereocenters. The Morgan fingerprint density at radius 2 is 1.72 bits per heavy atom. The van der Waals surface area contributed by atoms with E-state index in [2.05, 4.69) is 57.2 Å². The van der Waals surface area contributed by atoms with Crippen molar-refractivity contribution >= 4 is 10.8 Å². The molecule has 0 saturated heterocycles. The van der Waals surface area contributed by atoms with E-state index >= 15 is 0 Å². The van der Waals surface area contributed by atoms with Gasteiger partial charge in [-0.15, -0.1) is 0 Å². The first-order valence-corrected chi connectivity index (χ1v) is 6.89. The molecular formula is C17H23N. The topological polar surface area (TPSA) is 26.0 Å². The van der Waals surface area contributed by atoms with Crippen LogP contribution in [0.15, 0.2) is 36.4 Å². The maximum atomic E-state index is 6.44. The van der Waals surface area contributed by atoms with Crippen molar-refractivity contribution in [2.24, 2.45) is 11.7 Å². The third-order valence-corrected chi connectivity index (χ3v) is 3.89. The predicted molar refractivity (Wildman–Crippen MR) is 79.7 cm³/mol. The minimum absolute atomic E-state index is 0.135. The van der Waals surface area contributed by atoms with Crippen molar-refractivity contribution in [3.05, 3.63) is 47.5 Å². The van der Waals surface area contributed by atoms with Crippen LogP contribution in [0.1, 0.15) is 43.9 Å². The lowest BCUT2D eigenvalue weighted by molar-refractivity contribution is 0.436. The molecule has 1 nitrogen and oxygen atoms in total. The molecule has 0 amide bonds. The van der Waals surface area contributed by atoms with Gasteiger partial charge < -0.3 is 5.73 Å². The Labute approximate surface area is 110 Å². The molecule has 1 heteroatoms. The molecule has 96 valence electrons. The first-order valence-electron chi connectivity index (χ1n) is 6.89. The summed E-state index contributed by atoms with van der Waals surface area (Å²) >= 11 is 0. The Morgan fingerprint density at radius 1 is 1.06 bits per heavy atom. The second-order valence-electron chi connectivity index (χ2n) is 5.31. The third-order valence-electron chi connectivity index (χ3n) is 3.89. The highest BCUT2D eigenvalue weighted by Gasteiger charge is 2.16. The molecule has 0 aliphatic carbocycles. The SMILES string of the molecule is CCCC(C)C(N)c1ccc(C)c2ccccc12. The van der Waals surface area contributed by atoms with E-state index in [1.165, 1.54) is 34.7 Å². The van der Waals surface area contributed by atoms with Crippen LogP contribution in [-0.4, -0.2) is 0 Å². The molecule has 0 heterocycles. The van der Waals surface area contributed by atoms with Gasteiger partial charge in [-0.1, -0.05) is 56.7 Å². The average Bonchev–Trinajstić information content (AvgIpc) is 2.39. The van der Waals surface area contributed by atoms with Crippen molar-refractivity contribution in [2.45, 2.75) is 39.7 Å². The Morgan fingerprint density at radius 3 is 2.39 bits per heavy atom. The van der Waals surface area contributed by atoms with Gasteiger partial charge in [-0.25, -0.2) is 0 Å². The Hall–Kier alpha value is -1.34. The minimum Gasteiger partial charge on any atom is -0.324 e. The normalized spacial score (nSPS) is 14.7. The van der Waals surface area contributed by atoms with Crippen LogP contribution in [0, 0.1) is 12.8 Å². The summed E-state index contributed by atoms with van der Waals surface area (Å²) in [5.41, 5.74) is 9.05. The number of aryl methyl sites for hydroxylation is 1. The van der Waals surface area contributed by atoms with E-state index in [0.717, 1.165) is 0 Å². The first kappa shape index (κ1) is 13.1. The van der Waals surface area contributed by atoms with Gasteiger partial charge in [-0.2, -0.15) is 0 Å². The molecule has 0 bridgehead atoms. The van der Waals surface area contributed by atoms with Crippen LogP contribution in [-0.2, 0) is 0 Å². The van der Waals surface area contributed by atoms with Crippen LogP contribution < -0.4 is 5.73 Å². The second kappa shape index (κ2) is 5.53. The molecule has 2 aromatic rings. The zero-order valence-corrected chi connectivity index (χ0v) is 11.6. The molecular weight excluding hydrogens is 218 g/mol. The van der Waals surface area contributed by atoms with E-state index in [-0.39, 0.29) is 6.04 Å². The summed E-state index contributed by atoms with van der Waals surface area (Å²) < 4.78 is 0. The predicted octanol–water partition coefficient (Wildman–Crippen LogP) is 4.58. The van der Waals surface area contributed by atoms with Crippen molar-refractivity contribution in [1.29, 1.82) is 0 Å². The van der Waals surface area contributed by atoms with Crippen molar-refractivity contribution in [1.82, 2.24) is 0 Å². The van der Waals surface area contributed by atoms with Gasteiger partial charge in [0.05, 0.1) is 0 Å². The molecule has 0 saturated carbocycles. The van der Waals surface area contributed by atoms with Crippen molar-refractivity contribution in [3.8, 4) is 0 Å². The highest BCUT2D eigenvalue weighted by molar-refractivity contribution is 5.88. The van der Waals surface area contributed by atoms with Gasteiger partial charge in [0.2, 0.25) is 0 Å². The fraction of sp³-hybridized carbons (Fsp3) is 0.412. The molecule has 2 aromatic carbocycles. The summed E-state index contributed by atoms with van der Waals surface area (Å²) in [5, 5.41) is 2.64. The summed E-state index contributed by atoms with van der Waals surface area (Å²) in [6.07, 6.45) is 2.38. The summed E-state index contributed by atoms with van der Waals surface area (Å²) in [6.45, 7) is 6.63. The maximum Gasteiger partial charge on any atom is 0.0327 e. The van der Waals surface area contributed by atoms with Gasteiger partial charge >= 0.3 is 0 Å². The molecule has 0 fully saturated rings. The number of benzene rings is 2. The smallest absolute Gasteiger partial charge is 0.0327 e. The molecule has 0 radical (unpaired) electrons. The van der Waals surface area contributed by atoms with Crippen molar-refractivity contribution < 1.29 is 0 Å². The lowest BCUT2D eigenvalue weighted by Gasteiger charge is -2.22. The lowest BCUT2D eigenvalue weighted by atomic mass is 9.88. The number of hydrogen-bond donors (Lipinski definition) is 1. The lowest BCUT2D eigenvalue weighted by Crippen LogP contribution is -2.19. The molecule has 18 heavy (non-hydrogen) atoms. The molecule has 2 rings (SSSR count). The van der Waals surface area contributed by atoms with Crippen LogP contribution >= 0.6 is 0 Å². The molecule has 0 spiro atoms. The quantitative estimate of drug-likeness (QED) is 0.832. The second-order valence-corrected chi connectivity index (χ2v) is 5.31. The number of fused-ring (bicyclic) bond motifs is 1. The van der Waals surface area contributed by atoms with E-state index in [4.69, 9.17) is 5.73 Å². The highest BCUT2D eigenvalue weighted by Crippen LogP contribution is 2.30. The van der Waals surface area contributed by atoms with Gasteiger partial charge in [0.15, 0.2) is 0 Å².